The molecule has 0 radical (unpaired) electrons. The lowest BCUT2D eigenvalue weighted by Gasteiger charge is -2.41. The number of aromatic nitrogens is 1. The molecule has 2 rings (SSSR count). The average Bonchev–Trinajstić information content (AvgIpc) is 2.35. The summed E-state index contributed by atoms with van der Waals surface area (Å²) in [5, 5.41) is 0.291. The second kappa shape index (κ2) is 5.36. The summed E-state index contributed by atoms with van der Waals surface area (Å²) < 4.78 is 26.6. The smallest absolute Gasteiger partial charge is 0.244 e. The molecule has 0 spiro atoms. The zero-order valence-corrected chi connectivity index (χ0v) is 12.8. The molecule has 0 aromatic carbocycles. The van der Waals surface area contributed by atoms with E-state index in [4.69, 9.17) is 11.6 Å². The van der Waals surface area contributed by atoms with Crippen LogP contribution in [0.2, 0.25) is 5.15 Å². The quantitative estimate of drug-likeness (QED) is 0.776. The van der Waals surface area contributed by atoms with Gasteiger partial charge >= 0.3 is 0 Å². The van der Waals surface area contributed by atoms with Gasteiger partial charge in [0.2, 0.25) is 10.0 Å². The number of piperazine rings is 1. The lowest BCUT2D eigenvalue weighted by Crippen LogP contribution is -2.56. The van der Waals surface area contributed by atoms with Crippen LogP contribution in [0.15, 0.2) is 23.2 Å². The molecule has 2 heterocycles. The Labute approximate surface area is 119 Å². The van der Waals surface area contributed by atoms with Crippen molar-refractivity contribution in [1.82, 2.24) is 14.2 Å². The molecule has 5 nitrogen and oxygen atoms in total. The molecule has 0 aliphatic carbocycles. The molecule has 1 aliphatic rings. The van der Waals surface area contributed by atoms with Gasteiger partial charge in [-0.25, -0.2) is 13.4 Å². The Morgan fingerprint density at radius 3 is 2.32 bits per heavy atom. The van der Waals surface area contributed by atoms with E-state index in [0.29, 0.717) is 18.2 Å². The molecule has 0 N–H and O–H groups in total. The van der Waals surface area contributed by atoms with Crippen LogP contribution >= 0.6 is 11.6 Å². The van der Waals surface area contributed by atoms with Crippen molar-refractivity contribution in [2.24, 2.45) is 0 Å². The predicted molar refractivity (Wildman–Crippen MR) is 74.7 cm³/mol. The Morgan fingerprint density at radius 1 is 1.26 bits per heavy atom. The summed E-state index contributed by atoms with van der Waals surface area (Å²) in [6.07, 6.45) is 1.31. The largest absolute Gasteiger partial charge is 0.298 e. The fraction of sp³-hybridized carbons (Fsp3) is 0.583. The minimum atomic E-state index is -3.48. The molecule has 2 atom stereocenters. The van der Waals surface area contributed by atoms with E-state index in [0.717, 1.165) is 0 Å². The number of likely N-dealkylation sites (N-methyl/N-ethyl adjacent to an activating group) is 1. The molecule has 0 saturated carbocycles. The Kier molecular flexibility index (Phi) is 4.15. The summed E-state index contributed by atoms with van der Waals surface area (Å²) >= 11 is 5.69. The Balaban J connectivity index is 2.27. The standard InChI is InChI=1S/C12H18ClN3O2S/c1-9-7-16(8-10(2)15(9)3)19(17,18)11-4-5-12(13)14-6-11/h4-6,9-10H,7-8H2,1-3H3. The highest BCUT2D eigenvalue weighted by Crippen LogP contribution is 2.22. The van der Waals surface area contributed by atoms with Crippen LogP contribution in [0.4, 0.5) is 0 Å². The highest BCUT2D eigenvalue weighted by molar-refractivity contribution is 7.89. The third-order valence-electron chi connectivity index (χ3n) is 3.66. The molecule has 0 bridgehead atoms. The summed E-state index contributed by atoms with van der Waals surface area (Å²) in [6.45, 7) is 5.04. The van der Waals surface area contributed by atoms with Crippen LogP contribution in [-0.4, -0.2) is 54.8 Å². The van der Waals surface area contributed by atoms with Crippen LogP contribution in [0.3, 0.4) is 0 Å². The summed E-state index contributed by atoms with van der Waals surface area (Å²) in [5.41, 5.74) is 0. The van der Waals surface area contributed by atoms with Gasteiger partial charge in [0.05, 0.1) is 0 Å². The van der Waals surface area contributed by atoms with Gasteiger partial charge in [-0.05, 0) is 33.0 Å². The maximum absolute atomic E-state index is 12.5. The molecule has 0 amide bonds. The minimum Gasteiger partial charge on any atom is -0.298 e. The Hall–Kier alpha value is -0.690. The molecule has 2 unspecified atom stereocenters. The number of nitrogens with zero attached hydrogens (tertiary/aromatic N) is 3. The second-order valence-electron chi connectivity index (χ2n) is 5.00. The maximum Gasteiger partial charge on any atom is 0.244 e. The van der Waals surface area contributed by atoms with E-state index in [1.165, 1.54) is 22.6 Å². The van der Waals surface area contributed by atoms with Crippen molar-refractivity contribution < 1.29 is 8.42 Å². The van der Waals surface area contributed by atoms with Crippen molar-refractivity contribution in [3.05, 3.63) is 23.5 Å². The van der Waals surface area contributed by atoms with Crippen molar-refractivity contribution in [2.75, 3.05) is 20.1 Å². The van der Waals surface area contributed by atoms with E-state index in [1.807, 2.05) is 20.9 Å². The van der Waals surface area contributed by atoms with Gasteiger partial charge in [-0.15, -0.1) is 0 Å². The van der Waals surface area contributed by atoms with E-state index < -0.39 is 10.0 Å². The monoisotopic (exact) mass is 303 g/mol. The number of pyridine rings is 1. The van der Waals surface area contributed by atoms with Crippen LogP contribution in [0.25, 0.3) is 0 Å². The number of sulfonamides is 1. The summed E-state index contributed by atoms with van der Waals surface area (Å²) in [4.78, 5) is 6.22. The van der Waals surface area contributed by atoms with E-state index in [2.05, 4.69) is 9.88 Å². The van der Waals surface area contributed by atoms with Gasteiger partial charge in [0.25, 0.3) is 0 Å². The van der Waals surface area contributed by atoms with Crippen molar-refractivity contribution in [3.8, 4) is 0 Å². The average molecular weight is 304 g/mol. The van der Waals surface area contributed by atoms with E-state index in [9.17, 15) is 8.42 Å². The Morgan fingerprint density at radius 2 is 1.84 bits per heavy atom. The molecular weight excluding hydrogens is 286 g/mol. The Bertz CT molecular complexity index is 535. The number of rotatable bonds is 2. The van der Waals surface area contributed by atoms with E-state index in [1.54, 1.807) is 0 Å². The first kappa shape index (κ1) is 14.7. The van der Waals surface area contributed by atoms with Crippen molar-refractivity contribution >= 4 is 21.6 Å². The van der Waals surface area contributed by atoms with Crippen molar-refractivity contribution in [1.29, 1.82) is 0 Å². The van der Waals surface area contributed by atoms with E-state index >= 15 is 0 Å². The SMILES string of the molecule is CC1CN(S(=O)(=O)c2ccc(Cl)nc2)CC(C)N1C. The van der Waals surface area contributed by atoms with Crippen LogP contribution in [0.1, 0.15) is 13.8 Å². The summed E-state index contributed by atoms with van der Waals surface area (Å²) in [6, 6.07) is 3.38. The van der Waals surface area contributed by atoms with Crippen LogP contribution in [0.5, 0.6) is 0 Å². The zero-order chi connectivity index (χ0) is 14.2. The van der Waals surface area contributed by atoms with Gasteiger partial charge in [0.1, 0.15) is 10.0 Å². The van der Waals surface area contributed by atoms with Crippen LogP contribution in [-0.2, 0) is 10.0 Å². The zero-order valence-electron chi connectivity index (χ0n) is 11.2. The van der Waals surface area contributed by atoms with Crippen molar-refractivity contribution in [3.63, 3.8) is 0 Å². The number of hydrogen-bond acceptors (Lipinski definition) is 4. The molecule has 1 fully saturated rings. The second-order valence-corrected chi connectivity index (χ2v) is 7.33. The first-order valence-electron chi connectivity index (χ1n) is 6.16. The fourth-order valence-electron chi connectivity index (χ4n) is 2.22. The lowest BCUT2D eigenvalue weighted by molar-refractivity contribution is 0.105. The molecule has 1 saturated heterocycles. The van der Waals surface area contributed by atoms with Crippen molar-refractivity contribution in [2.45, 2.75) is 30.8 Å². The van der Waals surface area contributed by atoms with Gasteiger partial charge in [-0.3, -0.25) is 4.90 Å². The van der Waals surface area contributed by atoms with Crippen LogP contribution in [0, 0.1) is 0 Å². The normalized spacial score (nSPS) is 26.5. The molecule has 1 aromatic rings. The highest BCUT2D eigenvalue weighted by Gasteiger charge is 2.34. The maximum atomic E-state index is 12.5. The molecule has 19 heavy (non-hydrogen) atoms. The first-order valence-corrected chi connectivity index (χ1v) is 7.98. The minimum absolute atomic E-state index is 0.193. The number of halogens is 1. The fourth-order valence-corrected chi connectivity index (χ4v) is 3.88. The molecular formula is C12H18ClN3O2S. The lowest BCUT2D eigenvalue weighted by atomic mass is 10.1. The van der Waals surface area contributed by atoms with E-state index in [-0.39, 0.29) is 17.0 Å². The van der Waals surface area contributed by atoms with Gasteiger partial charge in [-0.2, -0.15) is 4.31 Å². The van der Waals surface area contributed by atoms with Gasteiger partial charge < -0.3 is 0 Å². The summed E-state index contributed by atoms with van der Waals surface area (Å²) in [5.74, 6) is 0. The van der Waals surface area contributed by atoms with Gasteiger partial charge in [-0.1, -0.05) is 11.6 Å². The van der Waals surface area contributed by atoms with Crippen LogP contribution < -0.4 is 0 Å². The topological polar surface area (TPSA) is 53.5 Å². The molecule has 1 aromatic heterocycles. The molecule has 106 valence electrons. The van der Waals surface area contributed by atoms with Gasteiger partial charge in [0, 0.05) is 31.4 Å². The number of hydrogen-bond donors (Lipinski definition) is 0. The predicted octanol–water partition coefficient (Wildman–Crippen LogP) is 1.45. The van der Waals surface area contributed by atoms with Gasteiger partial charge in [0.15, 0.2) is 0 Å². The first-order chi connectivity index (χ1) is 8.82. The molecule has 7 heteroatoms. The summed E-state index contributed by atoms with van der Waals surface area (Å²) in [7, 11) is -1.47. The highest BCUT2D eigenvalue weighted by atomic mass is 35.5. The molecule has 1 aliphatic heterocycles. The third kappa shape index (κ3) is 2.91. The third-order valence-corrected chi connectivity index (χ3v) is 5.70.